The molecule has 0 spiro atoms. The van der Waals surface area contributed by atoms with Crippen molar-refractivity contribution in [2.45, 2.75) is 26.3 Å². The highest BCUT2D eigenvalue weighted by Crippen LogP contribution is 2.19. The van der Waals surface area contributed by atoms with Crippen LogP contribution in [0.3, 0.4) is 0 Å². The van der Waals surface area contributed by atoms with Gasteiger partial charge in [0.15, 0.2) is 0 Å². The zero-order valence-electron chi connectivity index (χ0n) is 8.68. The van der Waals surface area contributed by atoms with E-state index in [1.165, 1.54) is 0 Å². The van der Waals surface area contributed by atoms with E-state index in [-0.39, 0.29) is 6.04 Å². The Kier molecular flexibility index (Phi) is 4.23. The number of hydrogen-bond acceptors (Lipinski definition) is 2. The molecule has 0 aliphatic rings. The summed E-state index contributed by atoms with van der Waals surface area (Å²) in [5, 5.41) is 4.08. The smallest absolute Gasteiger partial charge is 0.0410 e. The van der Waals surface area contributed by atoms with E-state index < -0.39 is 0 Å². The molecule has 78 valence electrons. The zero-order chi connectivity index (χ0) is 10.6. The molecule has 1 aromatic carbocycles. The van der Waals surface area contributed by atoms with Gasteiger partial charge < -0.3 is 11.1 Å². The van der Waals surface area contributed by atoms with Crippen molar-refractivity contribution in [2.24, 2.45) is 5.73 Å². The monoisotopic (exact) mass is 212 g/mol. The van der Waals surface area contributed by atoms with Crippen LogP contribution in [0.15, 0.2) is 18.2 Å². The van der Waals surface area contributed by atoms with E-state index in [2.05, 4.69) is 12.2 Å². The molecule has 1 unspecified atom stereocenters. The lowest BCUT2D eigenvalue weighted by Crippen LogP contribution is -2.28. The largest absolute Gasteiger partial charge is 0.383 e. The fraction of sp³-hybridized carbons (Fsp3) is 0.455. The Morgan fingerprint density at radius 2 is 2.21 bits per heavy atom. The molecule has 1 atom stereocenters. The first-order valence-electron chi connectivity index (χ1n) is 4.89. The van der Waals surface area contributed by atoms with Gasteiger partial charge in [-0.15, -0.1) is 0 Å². The summed E-state index contributed by atoms with van der Waals surface area (Å²) in [6, 6.07) is 6.03. The normalized spacial score (nSPS) is 12.6. The number of nitrogens with one attached hydrogen (secondary N) is 1. The number of hydrogen-bond donors (Lipinski definition) is 2. The van der Waals surface area contributed by atoms with Crippen LogP contribution < -0.4 is 11.1 Å². The minimum Gasteiger partial charge on any atom is -0.383 e. The number of halogens is 1. The van der Waals surface area contributed by atoms with Gasteiger partial charge in [-0.1, -0.05) is 18.5 Å². The Bertz CT molecular complexity index is 299. The van der Waals surface area contributed by atoms with Crippen molar-refractivity contribution in [2.75, 3.05) is 11.9 Å². The summed E-state index contributed by atoms with van der Waals surface area (Å²) in [5.74, 6) is 0. The summed E-state index contributed by atoms with van der Waals surface area (Å²) in [4.78, 5) is 0. The molecule has 0 saturated heterocycles. The van der Waals surface area contributed by atoms with E-state index >= 15 is 0 Å². The van der Waals surface area contributed by atoms with Crippen molar-refractivity contribution in [3.63, 3.8) is 0 Å². The predicted octanol–water partition coefficient (Wildman–Crippen LogP) is 2.80. The lowest BCUT2D eigenvalue weighted by molar-refractivity contribution is 0.679. The number of nitrogens with two attached hydrogens (primary N) is 1. The molecule has 0 fully saturated rings. The first kappa shape index (κ1) is 11.3. The highest BCUT2D eigenvalue weighted by Gasteiger charge is 2.01. The van der Waals surface area contributed by atoms with Gasteiger partial charge in [-0.3, -0.25) is 0 Å². The maximum absolute atomic E-state index is 5.85. The Morgan fingerprint density at radius 1 is 1.50 bits per heavy atom. The van der Waals surface area contributed by atoms with Crippen molar-refractivity contribution in [3.05, 3.63) is 28.8 Å². The average Bonchev–Trinajstić information content (AvgIpc) is 2.16. The molecule has 3 N–H and O–H groups in total. The number of rotatable bonds is 4. The molecule has 2 nitrogen and oxygen atoms in total. The van der Waals surface area contributed by atoms with E-state index in [4.69, 9.17) is 17.3 Å². The summed E-state index contributed by atoms with van der Waals surface area (Å²) in [6.07, 6.45) is 0.986. The second kappa shape index (κ2) is 5.23. The van der Waals surface area contributed by atoms with Gasteiger partial charge in [-0.2, -0.15) is 0 Å². The predicted molar refractivity (Wildman–Crippen MR) is 62.9 cm³/mol. The fourth-order valence-electron chi connectivity index (χ4n) is 1.21. The first-order chi connectivity index (χ1) is 6.63. The van der Waals surface area contributed by atoms with Crippen LogP contribution >= 0.6 is 11.6 Å². The molecule has 0 radical (unpaired) electrons. The Balaban J connectivity index is 2.59. The lowest BCUT2D eigenvalue weighted by Gasteiger charge is -2.13. The van der Waals surface area contributed by atoms with Crippen molar-refractivity contribution >= 4 is 17.3 Å². The maximum atomic E-state index is 5.85. The van der Waals surface area contributed by atoms with E-state index in [9.17, 15) is 0 Å². The molecule has 0 aliphatic carbocycles. The van der Waals surface area contributed by atoms with Crippen LogP contribution in [0.1, 0.15) is 18.9 Å². The van der Waals surface area contributed by atoms with Crippen LogP contribution in [-0.4, -0.2) is 12.6 Å². The third-order valence-electron chi connectivity index (χ3n) is 2.27. The number of aryl methyl sites for hydroxylation is 1. The Morgan fingerprint density at radius 3 is 2.79 bits per heavy atom. The van der Waals surface area contributed by atoms with Gasteiger partial charge in [0, 0.05) is 23.3 Å². The van der Waals surface area contributed by atoms with Gasteiger partial charge in [0.05, 0.1) is 0 Å². The highest BCUT2D eigenvalue weighted by molar-refractivity contribution is 6.30. The molecular formula is C11H17ClN2. The van der Waals surface area contributed by atoms with Crippen LogP contribution in [0.2, 0.25) is 5.02 Å². The van der Waals surface area contributed by atoms with E-state index in [0.717, 1.165) is 29.2 Å². The SMILES string of the molecule is CCC(N)CNc1ccc(Cl)cc1C. The second-order valence-corrected chi connectivity index (χ2v) is 3.94. The van der Waals surface area contributed by atoms with Gasteiger partial charge in [-0.05, 0) is 37.1 Å². The minimum absolute atomic E-state index is 0.213. The topological polar surface area (TPSA) is 38.0 Å². The fourth-order valence-corrected chi connectivity index (χ4v) is 1.44. The van der Waals surface area contributed by atoms with Crippen LogP contribution in [-0.2, 0) is 0 Å². The Labute approximate surface area is 90.4 Å². The maximum Gasteiger partial charge on any atom is 0.0410 e. The summed E-state index contributed by atoms with van der Waals surface area (Å²) >= 11 is 5.85. The second-order valence-electron chi connectivity index (χ2n) is 3.51. The molecule has 1 aromatic rings. The van der Waals surface area contributed by atoms with Gasteiger partial charge in [-0.25, -0.2) is 0 Å². The summed E-state index contributed by atoms with van der Waals surface area (Å²) < 4.78 is 0. The van der Waals surface area contributed by atoms with Gasteiger partial charge in [0.25, 0.3) is 0 Å². The highest BCUT2D eigenvalue weighted by atomic mass is 35.5. The summed E-state index contributed by atoms with van der Waals surface area (Å²) in [7, 11) is 0. The molecule has 0 aromatic heterocycles. The van der Waals surface area contributed by atoms with Gasteiger partial charge in [0.1, 0.15) is 0 Å². The Hall–Kier alpha value is -0.730. The van der Waals surface area contributed by atoms with E-state index in [1.807, 2.05) is 25.1 Å². The van der Waals surface area contributed by atoms with Crippen LogP contribution in [0, 0.1) is 6.92 Å². The van der Waals surface area contributed by atoms with E-state index in [1.54, 1.807) is 0 Å². The van der Waals surface area contributed by atoms with Crippen molar-refractivity contribution in [3.8, 4) is 0 Å². The zero-order valence-corrected chi connectivity index (χ0v) is 9.43. The third-order valence-corrected chi connectivity index (χ3v) is 2.50. The van der Waals surface area contributed by atoms with Gasteiger partial charge in [0.2, 0.25) is 0 Å². The van der Waals surface area contributed by atoms with Crippen LogP contribution in [0.4, 0.5) is 5.69 Å². The third kappa shape index (κ3) is 3.20. The molecule has 1 rings (SSSR count). The summed E-state index contributed by atoms with van der Waals surface area (Å²) in [5.41, 5.74) is 8.08. The summed E-state index contributed by atoms with van der Waals surface area (Å²) in [6.45, 7) is 4.92. The molecule has 0 amide bonds. The quantitative estimate of drug-likeness (QED) is 0.806. The molecule has 0 heterocycles. The standard InChI is InChI=1S/C11H17ClN2/c1-3-10(13)7-14-11-5-4-9(12)6-8(11)2/h4-6,10,14H,3,7,13H2,1-2H3. The first-order valence-corrected chi connectivity index (χ1v) is 5.27. The van der Waals surface area contributed by atoms with Crippen LogP contribution in [0.5, 0.6) is 0 Å². The van der Waals surface area contributed by atoms with Crippen molar-refractivity contribution in [1.82, 2.24) is 0 Å². The van der Waals surface area contributed by atoms with Crippen molar-refractivity contribution in [1.29, 1.82) is 0 Å². The lowest BCUT2D eigenvalue weighted by atomic mass is 10.2. The van der Waals surface area contributed by atoms with Crippen molar-refractivity contribution < 1.29 is 0 Å². The molecule has 0 saturated carbocycles. The molecule has 0 aliphatic heterocycles. The molecule has 3 heteroatoms. The van der Waals surface area contributed by atoms with E-state index in [0.29, 0.717) is 0 Å². The average molecular weight is 213 g/mol. The number of benzene rings is 1. The molecule has 0 bridgehead atoms. The van der Waals surface area contributed by atoms with Crippen LogP contribution in [0.25, 0.3) is 0 Å². The molecule has 14 heavy (non-hydrogen) atoms. The van der Waals surface area contributed by atoms with Gasteiger partial charge >= 0.3 is 0 Å². The number of anilines is 1. The minimum atomic E-state index is 0.213. The molecular weight excluding hydrogens is 196 g/mol.